The van der Waals surface area contributed by atoms with Crippen LogP contribution in [-0.4, -0.2) is 64.6 Å². The second-order valence-electron chi connectivity index (χ2n) is 7.67. The molecule has 8 heteroatoms. The molecule has 0 aliphatic carbocycles. The number of aryl methyl sites for hydroxylation is 1. The molecule has 0 unspecified atom stereocenters. The number of aromatic nitrogens is 3. The molecule has 1 fully saturated rings. The number of para-hydroxylation sites is 1. The summed E-state index contributed by atoms with van der Waals surface area (Å²) in [6.45, 7) is 5.39. The van der Waals surface area contributed by atoms with Crippen molar-refractivity contribution in [3.63, 3.8) is 0 Å². The second kappa shape index (κ2) is 10.5. The molecule has 1 aliphatic heterocycles. The number of nitrogens with zero attached hydrogens (tertiary/aromatic N) is 5. The molecule has 0 saturated carbocycles. The number of hydrogen-bond acceptors (Lipinski definition) is 6. The highest BCUT2D eigenvalue weighted by atomic mass is 32.2. The Kier molecular flexibility index (Phi) is 7.32. The lowest BCUT2D eigenvalue weighted by molar-refractivity contribution is -0.128. The Morgan fingerprint density at radius 3 is 2.66 bits per heavy atom. The number of hydrogen-bond donors (Lipinski definition) is 0. The van der Waals surface area contributed by atoms with Gasteiger partial charge < -0.3 is 14.5 Å². The summed E-state index contributed by atoms with van der Waals surface area (Å²) in [6, 6.07) is 16.3. The van der Waals surface area contributed by atoms with Crippen molar-refractivity contribution >= 4 is 23.4 Å². The predicted octanol–water partition coefficient (Wildman–Crippen LogP) is 3.67. The monoisotopic (exact) mass is 451 g/mol. The van der Waals surface area contributed by atoms with Crippen molar-refractivity contribution in [3.05, 3.63) is 60.4 Å². The Bertz CT molecular complexity index is 1040. The number of thioether (sulfide) groups is 1. The molecule has 7 nitrogen and oxygen atoms in total. The fourth-order valence-electron chi connectivity index (χ4n) is 3.97. The van der Waals surface area contributed by atoms with Gasteiger partial charge in [-0.1, -0.05) is 36.9 Å². The number of methoxy groups -OCH3 is 1. The average molecular weight is 452 g/mol. The molecular formula is C24H29N5O2S. The lowest BCUT2D eigenvalue weighted by Gasteiger charge is -2.24. The fourth-order valence-corrected chi connectivity index (χ4v) is 4.79. The molecule has 1 aromatic heterocycles. The Morgan fingerprint density at radius 1 is 1.06 bits per heavy atom. The van der Waals surface area contributed by atoms with Crippen molar-refractivity contribution < 1.29 is 9.53 Å². The lowest BCUT2D eigenvalue weighted by Crippen LogP contribution is -2.36. The van der Waals surface area contributed by atoms with E-state index in [4.69, 9.17) is 4.74 Å². The van der Waals surface area contributed by atoms with Crippen LogP contribution in [0.5, 0.6) is 5.75 Å². The molecule has 4 rings (SSSR count). The van der Waals surface area contributed by atoms with E-state index in [0.717, 1.165) is 61.3 Å². The van der Waals surface area contributed by atoms with E-state index in [2.05, 4.69) is 46.3 Å². The summed E-state index contributed by atoms with van der Waals surface area (Å²) in [7, 11) is 1.67. The highest BCUT2D eigenvalue weighted by molar-refractivity contribution is 7.99. The summed E-state index contributed by atoms with van der Waals surface area (Å²) < 4.78 is 7.23. The van der Waals surface area contributed by atoms with Gasteiger partial charge in [-0.15, -0.1) is 10.2 Å². The third-order valence-electron chi connectivity index (χ3n) is 5.76. The number of anilines is 1. The van der Waals surface area contributed by atoms with Gasteiger partial charge in [-0.25, -0.2) is 0 Å². The van der Waals surface area contributed by atoms with E-state index >= 15 is 0 Å². The molecule has 0 spiro atoms. The van der Waals surface area contributed by atoms with Crippen LogP contribution in [0.15, 0.2) is 60.0 Å². The highest BCUT2D eigenvalue weighted by Crippen LogP contribution is 2.24. The van der Waals surface area contributed by atoms with Gasteiger partial charge in [0.1, 0.15) is 12.1 Å². The van der Waals surface area contributed by atoms with Gasteiger partial charge in [0.05, 0.1) is 18.6 Å². The maximum Gasteiger partial charge on any atom is 0.233 e. The molecule has 1 amide bonds. The maximum atomic E-state index is 13.0. The third-order valence-corrected chi connectivity index (χ3v) is 6.69. The first-order valence-electron chi connectivity index (χ1n) is 11.0. The van der Waals surface area contributed by atoms with Crippen LogP contribution in [0, 0.1) is 0 Å². The van der Waals surface area contributed by atoms with E-state index in [9.17, 15) is 4.79 Å². The molecule has 1 saturated heterocycles. The van der Waals surface area contributed by atoms with Gasteiger partial charge >= 0.3 is 0 Å². The third kappa shape index (κ3) is 5.07. The molecule has 32 heavy (non-hydrogen) atoms. The lowest BCUT2D eigenvalue weighted by atomic mass is 10.1. The van der Waals surface area contributed by atoms with Crippen molar-refractivity contribution in [1.82, 2.24) is 19.7 Å². The highest BCUT2D eigenvalue weighted by Gasteiger charge is 2.20. The van der Waals surface area contributed by atoms with Crippen molar-refractivity contribution in [2.24, 2.45) is 0 Å². The molecule has 1 aliphatic rings. The van der Waals surface area contributed by atoms with Crippen LogP contribution >= 0.6 is 11.8 Å². The van der Waals surface area contributed by atoms with Crippen LogP contribution in [0.4, 0.5) is 5.69 Å². The summed E-state index contributed by atoms with van der Waals surface area (Å²) in [5.41, 5.74) is 3.46. The Balaban J connectivity index is 1.36. The minimum Gasteiger partial charge on any atom is -0.497 e. The number of benzene rings is 2. The van der Waals surface area contributed by atoms with Crippen LogP contribution in [-0.2, 0) is 11.2 Å². The number of carbonyl (C=O) groups excluding carboxylic acids is 1. The number of rotatable bonds is 7. The minimum absolute atomic E-state index is 0.143. The number of ether oxygens (including phenoxy) is 1. The first kappa shape index (κ1) is 22.2. The van der Waals surface area contributed by atoms with Gasteiger partial charge in [0.2, 0.25) is 5.91 Å². The molecule has 3 aromatic rings. The first-order valence-corrected chi connectivity index (χ1v) is 12.0. The molecule has 0 N–H and O–H groups in total. The van der Waals surface area contributed by atoms with Crippen LogP contribution in [0.1, 0.15) is 18.9 Å². The van der Waals surface area contributed by atoms with Gasteiger partial charge in [-0.3, -0.25) is 9.36 Å². The first-order chi connectivity index (χ1) is 15.7. The normalized spacial score (nSPS) is 14.3. The van der Waals surface area contributed by atoms with Crippen molar-refractivity contribution in [2.75, 3.05) is 43.9 Å². The summed E-state index contributed by atoms with van der Waals surface area (Å²) in [4.78, 5) is 17.3. The van der Waals surface area contributed by atoms with E-state index in [1.54, 1.807) is 13.4 Å². The van der Waals surface area contributed by atoms with Crippen molar-refractivity contribution in [2.45, 2.75) is 24.9 Å². The molecule has 0 atom stereocenters. The summed E-state index contributed by atoms with van der Waals surface area (Å²) in [6.07, 6.45) is 3.60. The van der Waals surface area contributed by atoms with Crippen molar-refractivity contribution in [1.29, 1.82) is 0 Å². The zero-order chi connectivity index (χ0) is 22.3. The maximum absolute atomic E-state index is 13.0. The number of amides is 1. The van der Waals surface area contributed by atoms with Gasteiger partial charge in [0.25, 0.3) is 0 Å². The van der Waals surface area contributed by atoms with Crippen LogP contribution in [0.3, 0.4) is 0 Å². The molecule has 0 bridgehead atoms. The van der Waals surface area contributed by atoms with Gasteiger partial charge in [-0.2, -0.15) is 0 Å². The average Bonchev–Trinajstić information content (AvgIpc) is 3.17. The van der Waals surface area contributed by atoms with Crippen LogP contribution in [0.25, 0.3) is 5.69 Å². The summed E-state index contributed by atoms with van der Waals surface area (Å²) in [5, 5.41) is 9.09. The summed E-state index contributed by atoms with van der Waals surface area (Å²) in [5.74, 6) is 1.35. The molecule has 2 heterocycles. The van der Waals surface area contributed by atoms with Crippen LogP contribution in [0.2, 0.25) is 0 Å². The van der Waals surface area contributed by atoms with Crippen molar-refractivity contribution in [3.8, 4) is 11.4 Å². The Hall–Kier alpha value is -3.00. The summed E-state index contributed by atoms with van der Waals surface area (Å²) >= 11 is 1.45. The molecular weight excluding hydrogens is 422 g/mol. The molecule has 0 radical (unpaired) electrons. The SMILES string of the molecule is CCc1ccccc1-n1cnnc1SCC(=O)N1CCCN(c2ccc(OC)cc2)CC1. The van der Waals surface area contributed by atoms with Gasteiger partial charge in [0.15, 0.2) is 5.16 Å². The van der Waals surface area contributed by atoms with Gasteiger partial charge in [0, 0.05) is 31.9 Å². The zero-order valence-electron chi connectivity index (χ0n) is 18.6. The van der Waals surface area contributed by atoms with Gasteiger partial charge in [-0.05, 0) is 48.7 Å². The second-order valence-corrected chi connectivity index (χ2v) is 8.62. The van der Waals surface area contributed by atoms with E-state index in [1.165, 1.54) is 17.3 Å². The molecule has 168 valence electrons. The molecule has 2 aromatic carbocycles. The Morgan fingerprint density at radius 2 is 1.88 bits per heavy atom. The van der Waals surface area contributed by atoms with E-state index in [-0.39, 0.29) is 5.91 Å². The Labute approximate surface area is 193 Å². The quantitative estimate of drug-likeness (QED) is 0.511. The standard InChI is InChI=1S/C24H29N5O2S/c1-3-19-7-4-5-8-22(19)29-18-25-26-24(29)32-17-23(30)28-14-6-13-27(15-16-28)20-9-11-21(31-2)12-10-20/h4-5,7-12,18H,3,6,13-17H2,1-2H3. The van der Waals surface area contributed by atoms with E-state index < -0.39 is 0 Å². The van der Waals surface area contributed by atoms with Crippen LogP contribution < -0.4 is 9.64 Å². The fraction of sp³-hybridized carbons (Fsp3) is 0.375. The smallest absolute Gasteiger partial charge is 0.233 e. The van der Waals surface area contributed by atoms with E-state index in [0.29, 0.717) is 5.75 Å². The largest absolute Gasteiger partial charge is 0.497 e. The van der Waals surface area contributed by atoms with E-state index in [1.807, 2.05) is 33.7 Å². The number of carbonyl (C=O) groups is 1. The zero-order valence-corrected chi connectivity index (χ0v) is 19.4. The minimum atomic E-state index is 0.143. The predicted molar refractivity (Wildman–Crippen MR) is 128 cm³/mol. The topological polar surface area (TPSA) is 63.5 Å².